The maximum Gasteiger partial charge on any atom is 0.231 e. The molecule has 2 aromatic carbocycles. The fourth-order valence-corrected chi connectivity index (χ4v) is 4.92. The SMILES string of the molecule is O=C(CCC1(Cc2ccc3c(c2)OCO3)CCC(=O)N1)NCC1OCCc2ccccc21. The number of ether oxygens (including phenoxy) is 3. The molecule has 0 aliphatic carbocycles. The fraction of sp³-hybridized carbons (Fsp3) is 0.440. The number of amides is 2. The molecule has 1 fully saturated rings. The number of nitrogens with one attached hydrogen (secondary N) is 2. The Morgan fingerprint density at radius 1 is 1.12 bits per heavy atom. The van der Waals surface area contributed by atoms with Crippen molar-refractivity contribution in [2.45, 2.75) is 50.2 Å². The van der Waals surface area contributed by atoms with E-state index in [4.69, 9.17) is 14.2 Å². The summed E-state index contributed by atoms with van der Waals surface area (Å²) < 4.78 is 16.8. The van der Waals surface area contributed by atoms with Crippen LogP contribution >= 0.6 is 0 Å². The Morgan fingerprint density at radius 3 is 2.88 bits per heavy atom. The zero-order valence-electron chi connectivity index (χ0n) is 18.0. The molecule has 2 atom stereocenters. The normalized spacial score (nSPS) is 23.5. The van der Waals surface area contributed by atoms with Crippen LogP contribution in [0.15, 0.2) is 42.5 Å². The average molecular weight is 437 g/mol. The van der Waals surface area contributed by atoms with Crippen LogP contribution in [0.2, 0.25) is 0 Å². The molecule has 168 valence electrons. The van der Waals surface area contributed by atoms with Gasteiger partial charge in [0, 0.05) is 24.9 Å². The summed E-state index contributed by atoms with van der Waals surface area (Å²) in [4.78, 5) is 24.7. The van der Waals surface area contributed by atoms with Crippen molar-refractivity contribution in [3.05, 3.63) is 59.2 Å². The van der Waals surface area contributed by atoms with Crippen molar-refractivity contribution in [3.63, 3.8) is 0 Å². The summed E-state index contributed by atoms with van der Waals surface area (Å²) in [7, 11) is 0. The fourth-order valence-electron chi connectivity index (χ4n) is 4.92. The standard InChI is InChI=1S/C25H28N2O5/c28-23(26-15-22-19-4-2-1-3-18(19)9-12-30-22)7-10-25(11-8-24(29)27-25)14-17-5-6-20-21(13-17)32-16-31-20/h1-6,13,22H,7-12,14-16H2,(H,26,28)(H,27,29). The lowest BCUT2D eigenvalue weighted by Crippen LogP contribution is -2.44. The van der Waals surface area contributed by atoms with Crippen molar-refractivity contribution in [2.24, 2.45) is 0 Å². The lowest BCUT2D eigenvalue weighted by atomic mass is 9.85. The molecule has 5 rings (SSSR count). The smallest absolute Gasteiger partial charge is 0.231 e. The first kappa shape index (κ1) is 20.8. The second kappa shape index (κ2) is 8.82. The highest BCUT2D eigenvalue weighted by molar-refractivity contribution is 5.80. The molecule has 0 aromatic heterocycles. The number of fused-ring (bicyclic) bond motifs is 2. The molecule has 0 radical (unpaired) electrons. The number of rotatable bonds is 7. The van der Waals surface area contributed by atoms with Crippen LogP contribution in [-0.2, 0) is 27.2 Å². The maximum atomic E-state index is 12.7. The van der Waals surface area contributed by atoms with Gasteiger partial charge in [0.25, 0.3) is 0 Å². The quantitative estimate of drug-likeness (QED) is 0.697. The minimum absolute atomic E-state index is 0.0251. The Balaban J connectivity index is 1.19. The van der Waals surface area contributed by atoms with E-state index in [1.54, 1.807) is 0 Å². The van der Waals surface area contributed by atoms with E-state index in [0.29, 0.717) is 45.3 Å². The van der Waals surface area contributed by atoms with E-state index in [2.05, 4.69) is 22.8 Å². The molecule has 7 nitrogen and oxygen atoms in total. The summed E-state index contributed by atoms with van der Waals surface area (Å²) >= 11 is 0. The summed E-state index contributed by atoms with van der Waals surface area (Å²) in [5.41, 5.74) is 3.08. The van der Waals surface area contributed by atoms with Crippen LogP contribution in [0, 0.1) is 0 Å². The molecule has 0 saturated carbocycles. The number of hydrogen-bond donors (Lipinski definition) is 2. The second-order valence-corrected chi connectivity index (χ2v) is 8.81. The molecule has 1 saturated heterocycles. The first-order chi connectivity index (χ1) is 15.6. The van der Waals surface area contributed by atoms with E-state index >= 15 is 0 Å². The van der Waals surface area contributed by atoms with E-state index in [0.717, 1.165) is 29.0 Å². The molecule has 32 heavy (non-hydrogen) atoms. The Hall–Kier alpha value is -3.06. The van der Waals surface area contributed by atoms with E-state index in [-0.39, 0.29) is 24.7 Å². The Labute approximate surface area is 187 Å². The van der Waals surface area contributed by atoms with Gasteiger partial charge in [0.05, 0.1) is 6.61 Å². The maximum absolute atomic E-state index is 12.7. The zero-order valence-corrected chi connectivity index (χ0v) is 18.0. The molecule has 3 aliphatic heterocycles. The van der Waals surface area contributed by atoms with Crippen molar-refractivity contribution in [1.29, 1.82) is 0 Å². The van der Waals surface area contributed by atoms with Gasteiger partial charge in [-0.3, -0.25) is 9.59 Å². The van der Waals surface area contributed by atoms with Crippen LogP contribution in [-0.4, -0.2) is 37.3 Å². The molecule has 2 aromatic rings. The molecular weight excluding hydrogens is 408 g/mol. The monoisotopic (exact) mass is 436 g/mol. The highest BCUT2D eigenvalue weighted by Gasteiger charge is 2.38. The van der Waals surface area contributed by atoms with E-state index < -0.39 is 5.54 Å². The van der Waals surface area contributed by atoms with Crippen molar-refractivity contribution in [3.8, 4) is 11.5 Å². The summed E-state index contributed by atoms with van der Waals surface area (Å²) in [5.74, 6) is 1.48. The Morgan fingerprint density at radius 2 is 2.00 bits per heavy atom. The molecule has 3 heterocycles. The molecule has 2 N–H and O–H groups in total. The largest absolute Gasteiger partial charge is 0.454 e. The van der Waals surface area contributed by atoms with E-state index in [9.17, 15) is 9.59 Å². The van der Waals surface area contributed by atoms with Gasteiger partial charge in [0.1, 0.15) is 6.10 Å². The van der Waals surface area contributed by atoms with Crippen LogP contribution in [0.25, 0.3) is 0 Å². The predicted octanol–water partition coefficient (Wildman–Crippen LogP) is 2.82. The summed E-state index contributed by atoms with van der Waals surface area (Å²) in [5, 5.41) is 6.17. The van der Waals surface area contributed by atoms with Gasteiger partial charge in [-0.1, -0.05) is 30.3 Å². The average Bonchev–Trinajstić information content (AvgIpc) is 3.42. The topological polar surface area (TPSA) is 85.9 Å². The lowest BCUT2D eigenvalue weighted by Gasteiger charge is -2.30. The van der Waals surface area contributed by atoms with Crippen molar-refractivity contribution in [2.75, 3.05) is 19.9 Å². The predicted molar refractivity (Wildman–Crippen MR) is 117 cm³/mol. The van der Waals surface area contributed by atoms with Crippen molar-refractivity contribution in [1.82, 2.24) is 10.6 Å². The van der Waals surface area contributed by atoms with Crippen molar-refractivity contribution < 1.29 is 23.8 Å². The van der Waals surface area contributed by atoms with Crippen LogP contribution < -0.4 is 20.1 Å². The van der Waals surface area contributed by atoms with E-state index in [1.807, 2.05) is 30.3 Å². The molecule has 3 aliphatic rings. The highest BCUT2D eigenvalue weighted by atomic mass is 16.7. The van der Waals surface area contributed by atoms with Gasteiger partial charge in [-0.25, -0.2) is 0 Å². The molecule has 0 bridgehead atoms. The minimum Gasteiger partial charge on any atom is -0.454 e. The van der Waals surface area contributed by atoms with Crippen molar-refractivity contribution >= 4 is 11.8 Å². The highest BCUT2D eigenvalue weighted by Crippen LogP contribution is 2.36. The number of hydrogen-bond acceptors (Lipinski definition) is 5. The molecule has 2 amide bonds. The van der Waals surface area contributed by atoms with E-state index in [1.165, 1.54) is 5.56 Å². The van der Waals surface area contributed by atoms with Crippen LogP contribution in [0.1, 0.15) is 48.5 Å². The van der Waals surface area contributed by atoms with Gasteiger partial charge in [0.15, 0.2) is 11.5 Å². The lowest BCUT2D eigenvalue weighted by molar-refractivity contribution is -0.123. The van der Waals surface area contributed by atoms with Crippen LogP contribution in [0.4, 0.5) is 0 Å². The first-order valence-electron chi connectivity index (χ1n) is 11.3. The Kier molecular flexibility index (Phi) is 5.74. The second-order valence-electron chi connectivity index (χ2n) is 8.81. The summed E-state index contributed by atoms with van der Waals surface area (Å²) in [6.45, 7) is 1.36. The Bertz CT molecular complexity index is 1020. The summed E-state index contributed by atoms with van der Waals surface area (Å²) in [6, 6.07) is 14.1. The minimum atomic E-state index is -0.421. The zero-order chi connectivity index (χ0) is 22.0. The summed E-state index contributed by atoms with van der Waals surface area (Å²) in [6.07, 6.45) is 3.58. The molecular formula is C25H28N2O5. The number of carbonyl (C=O) groups excluding carboxylic acids is 2. The third-order valence-electron chi connectivity index (χ3n) is 6.62. The van der Waals surface area contributed by atoms with Gasteiger partial charge in [-0.15, -0.1) is 0 Å². The van der Waals surface area contributed by atoms with Crippen LogP contribution in [0.5, 0.6) is 11.5 Å². The third kappa shape index (κ3) is 4.43. The van der Waals surface area contributed by atoms with Gasteiger partial charge in [0.2, 0.25) is 18.6 Å². The molecule has 0 spiro atoms. The molecule has 2 unspecified atom stereocenters. The first-order valence-corrected chi connectivity index (χ1v) is 11.3. The van der Waals surface area contributed by atoms with Crippen LogP contribution in [0.3, 0.4) is 0 Å². The van der Waals surface area contributed by atoms with Gasteiger partial charge < -0.3 is 24.8 Å². The third-order valence-corrected chi connectivity index (χ3v) is 6.62. The molecule has 7 heteroatoms. The van der Waals surface area contributed by atoms with Gasteiger partial charge in [-0.05, 0) is 54.5 Å². The number of carbonyl (C=O) groups is 2. The van der Waals surface area contributed by atoms with Gasteiger partial charge >= 0.3 is 0 Å². The van der Waals surface area contributed by atoms with Gasteiger partial charge in [-0.2, -0.15) is 0 Å². The number of benzene rings is 2.